The van der Waals surface area contributed by atoms with Crippen LogP contribution in [0.5, 0.6) is 0 Å². The molecule has 0 heterocycles. The zero-order valence-corrected chi connectivity index (χ0v) is 16.2. The maximum atomic E-state index is 10.3. The third-order valence-electron chi connectivity index (χ3n) is 0.820. The van der Waals surface area contributed by atoms with Gasteiger partial charge in [0.05, 0.1) is 0 Å². The first-order valence-electron chi connectivity index (χ1n) is 2.28. The molecule has 0 aliphatic heterocycles. The summed E-state index contributed by atoms with van der Waals surface area (Å²) in [6.07, 6.45) is 0. The normalized spacial score (nSPS) is 16.4. The van der Waals surface area contributed by atoms with Crippen LogP contribution in [-0.2, 0) is 13.7 Å². The van der Waals surface area contributed by atoms with Crippen LogP contribution >= 0.6 is 15.2 Å². The SMILES string of the molecule is COP(=O)([O-])C(O)P(=O)([O-])[O-].[Na+].[Na+].[Na+]. The predicted octanol–water partition coefficient (Wildman–Crippen LogP) is -11.6. The van der Waals surface area contributed by atoms with E-state index < -0.39 is 20.8 Å². The molecule has 0 fully saturated rings. The molecule has 0 aromatic rings. The maximum absolute atomic E-state index is 10.3. The summed E-state index contributed by atoms with van der Waals surface area (Å²) in [6.45, 7) is 0. The smallest absolute Gasteiger partial charge is 0.809 e. The molecule has 0 aromatic carbocycles. The molecule has 0 saturated heterocycles. The van der Waals surface area contributed by atoms with E-state index in [1.165, 1.54) is 0 Å². The van der Waals surface area contributed by atoms with Crippen molar-refractivity contribution in [1.29, 1.82) is 0 Å². The van der Waals surface area contributed by atoms with E-state index in [1.807, 2.05) is 0 Å². The second-order valence-electron chi connectivity index (χ2n) is 1.61. The molecule has 0 amide bonds. The monoisotopic (exact) mass is 272 g/mol. The van der Waals surface area contributed by atoms with Gasteiger partial charge in [0, 0.05) is 7.11 Å². The van der Waals surface area contributed by atoms with E-state index in [1.54, 1.807) is 0 Å². The predicted molar refractivity (Wildman–Crippen MR) is 28.2 cm³/mol. The standard InChI is InChI=1S/C2H8O7P2.3Na/c1-9-11(7,8)2(3)10(4,5)6;;;/h2-3H,1H3,(H,7,8)(H2,4,5,6);;;/q;3*+1/p-3. The molecule has 2 unspecified atom stereocenters. The Morgan fingerprint density at radius 3 is 1.50 bits per heavy atom. The van der Waals surface area contributed by atoms with E-state index in [0.717, 1.165) is 0 Å². The van der Waals surface area contributed by atoms with Gasteiger partial charge in [-0.15, -0.1) is 0 Å². The van der Waals surface area contributed by atoms with Crippen LogP contribution in [0.25, 0.3) is 0 Å². The number of rotatable bonds is 3. The third-order valence-corrected chi connectivity index (χ3v) is 4.16. The van der Waals surface area contributed by atoms with Crippen LogP contribution in [0, 0.1) is 0 Å². The summed E-state index contributed by atoms with van der Waals surface area (Å²) in [6, 6.07) is 0. The largest absolute Gasteiger partial charge is 1.00 e. The average Bonchev–Trinajstić information content (AvgIpc) is 1.84. The molecule has 0 saturated carbocycles. The average molecular weight is 272 g/mol. The van der Waals surface area contributed by atoms with Crippen molar-refractivity contribution in [3.63, 3.8) is 0 Å². The van der Waals surface area contributed by atoms with Gasteiger partial charge >= 0.3 is 88.7 Å². The fourth-order valence-electron chi connectivity index (χ4n) is 0.267. The number of aliphatic hydroxyl groups excluding tert-OH is 1. The first kappa shape index (κ1) is 26.0. The summed E-state index contributed by atoms with van der Waals surface area (Å²) in [5.74, 6) is 0. The number of hydrogen-bond donors (Lipinski definition) is 1. The Kier molecular flexibility index (Phi) is 18.9. The van der Waals surface area contributed by atoms with Crippen LogP contribution in [0.1, 0.15) is 0 Å². The quantitative estimate of drug-likeness (QED) is 0.398. The van der Waals surface area contributed by atoms with E-state index >= 15 is 0 Å². The molecule has 0 rings (SSSR count). The van der Waals surface area contributed by atoms with Crippen LogP contribution in [0.3, 0.4) is 0 Å². The molecule has 0 aliphatic rings. The van der Waals surface area contributed by atoms with Crippen LogP contribution in [0.2, 0.25) is 0 Å². The number of hydrogen-bond acceptors (Lipinski definition) is 7. The van der Waals surface area contributed by atoms with Gasteiger partial charge in [0.25, 0.3) is 0 Å². The number of aliphatic hydroxyl groups is 1. The van der Waals surface area contributed by atoms with Crippen molar-refractivity contribution in [2.45, 2.75) is 5.59 Å². The van der Waals surface area contributed by atoms with Gasteiger partial charge in [-0.2, -0.15) is 0 Å². The molecular formula is C2H5Na3O7P2. The Morgan fingerprint density at radius 2 is 1.43 bits per heavy atom. The summed E-state index contributed by atoms with van der Waals surface area (Å²) in [4.78, 5) is 30.1. The minimum atomic E-state index is -5.54. The van der Waals surface area contributed by atoms with Crippen molar-refractivity contribution >= 4 is 15.2 Å². The van der Waals surface area contributed by atoms with Crippen molar-refractivity contribution in [2.75, 3.05) is 7.11 Å². The maximum Gasteiger partial charge on any atom is 1.00 e. The van der Waals surface area contributed by atoms with Crippen molar-refractivity contribution in [3.05, 3.63) is 0 Å². The molecule has 0 bridgehead atoms. The molecule has 0 radical (unpaired) electrons. The van der Waals surface area contributed by atoms with E-state index in [2.05, 4.69) is 4.52 Å². The molecular weight excluding hydrogens is 267 g/mol. The second-order valence-corrected chi connectivity index (χ2v) is 5.52. The van der Waals surface area contributed by atoms with Gasteiger partial charge in [-0.3, -0.25) is 0 Å². The van der Waals surface area contributed by atoms with Crippen LogP contribution in [-0.4, -0.2) is 17.8 Å². The van der Waals surface area contributed by atoms with Crippen LogP contribution in [0.15, 0.2) is 0 Å². The fraction of sp³-hybridized carbons (Fsp3) is 1.00. The first-order valence-corrected chi connectivity index (χ1v) is 5.50. The Labute approximate surface area is 148 Å². The van der Waals surface area contributed by atoms with E-state index in [0.29, 0.717) is 7.11 Å². The summed E-state index contributed by atoms with van der Waals surface area (Å²) >= 11 is 0. The minimum Gasteiger partial charge on any atom is -0.809 e. The van der Waals surface area contributed by atoms with E-state index in [4.69, 9.17) is 5.11 Å². The Balaban J connectivity index is -0.000000167. The van der Waals surface area contributed by atoms with Crippen molar-refractivity contribution in [1.82, 2.24) is 0 Å². The topological polar surface area (TPSA) is 133 Å². The minimum absolute atomic E-state index is 0. The molecule has 14 heavy (non-hydrogen) atoms. The molecule has 0 aliphatic carbocycles. The van der Waals surface area contributed by atoms with Crippen LogP contribution in [0.4, 0.5) is 0 Å². The van der Waals surface area contributed by atoms with Crippen molar-refractivity contribution in [3.8, 4) is 0 Å². The van der Waals surface area contributed by atoms with Gasteiger partial charge in [0.2, 0.25) is 0 Å². The Morgan fingerprint density at radius 1 is 1.14 bits per heavy atom. The summed E-state index contributed by atoms with van der Waals surface area (Å²) in [5, 5.41) is 8.32. The van der Waals surface area contributed by atoms with Gasteiger partial charge in [0.1, 0.15) is 5.59 Å². The summed E-state index contributed by atoms with van der Waals surface area (Å²) < 4.78 is 23.8. The van der Waals surface area contributed by atoms with Gasteiger partial charge in [-0.25, -0.2) is 0 Å². The first-order chi connectivity index (χ1) is 4.72. The molecule has 2 atom stereocenters. The van der Waals surface area contributed by atoms with Crippen molar-refractivity contribution < 1.29 is 122 Å². The van der Waals surface area contributed by atoms with Gasteiger partial charge < -0.3 is 33.4 Å². The third kappa shape index (κ3) is 9.31. The van der Waals surface area contributed by atoms with Crippen LogP contribution < -0.4 is 103 Å². The zero-order valence-electron chi connectivity index (χ0n) is 8.37. The van der Waals surface area contributed by atoms with E-state index in [9.17, 15) is 23.8 Å². The molecule has 0 spiro atoms. The second kappa shape index (κ2) is 10.2. The van der Waals surface area contributed by atoms with Crippen molar-refractivity contribution in [2.24, 2.45) is 0 Å². The fourth-order valence-corrected chi connectivity index (χ4v) is 2.12. The van der Waals surface area contributed by atoms with Gasteiger partial charge in [-0.05, 0) is 7.60 Å². The molecule has 7 nitrogen and oxygen atoms in total. The Bertz CT molecular complexity index is 227. The molecule has 12 heteroatoms. The summed E-state index contributed by atoms with van der Waals surface area (Å²) in [5.41, 5.74) is -3.00. The summed E-state index contributed by atoms with van der Waals surface area (Å²) in [7, 11) is -9.86. The Hall–Kier alpha value is 3.26. The van der Waals surface area contributed by atoms with Gasteiger partial charge in [-0.1, -0.05) is 0 Å². The zero-order chi connectivity index (χ0) is 9.28. The molecule has 68 valence electrons. The molecule has 1 N–H and O–H groups in total. The van der Waals surface area contributed by atoms with E-state index in [-0.39, 0.29) is 88.7 Å². The van der Waals surface area contributed by atoms with Gasteiger partial charge in [0.15, 0.2) is 7.60 Å². The molecule has 0 aromatic heterocycles.